The van der Waals surface area contributed by atoms with Gasteiger partial charge in [0.2, 0.25) is 0 Å². The van der Waals surface area contributed by atoms with Crippen LogP contribution in [0.25, 0.3) is 0 Å². The molecule has 14 heavy (non-hydrogen) atoms. The Morgan fingerprint density at radius 1 is 1.43 bits per heavy atom. The van der Waals surface area contributed by atoms with Crippen LogP contribution in [-0.2, 0) is 9.84 Å². The van der Waals surface area contributed by atoms with Crippen LogP contribution in [0, 0.1) is 0 Å². The molecule has 0 aromatic carbocycles. The SMILES string of the molecule is CCS(=O)(=O)CCNC(C)CCSC. The van der Waals surface area contributed by atoms with Crippen LogP contribution in [0.3, 0.4) is 0 Å². The Morgan fingerprint density at radius 2 is 2.07 bits per heavy atom. The van der Waals surface area contributed by atoms with Crippen molar-refractivity contribution in [3.63, 3.8) is 0 Å². The summed E-state index contributed by atoms with van der Waals surface area (Å²) in [7, 11) is -2.80. The van der Waals surface area contributed by atoms with E-state index in [1.165, 1.54) is 0 Å². The van der Waals surface area contributed by atoms with Gasteiger partial charge in [-0.15, -0.1) is 0 Å². The van der Waals surface area contributed by atoms with Crippen LogP contribution < -0.4 is 5.32 Å². The van der Waals surface area contributed by atoms with Crippen LogP contribution in [0.2, 0.25) is 0 Å². The summed E-state index contributed by atoms with van der Waals surface area (Å²) in [6, 6.07) is 0.412. The summed E-state index contributed by atoms with van der Waals surface area (Å²) < 4.78 is 22.3. The summed E-state index contributed by atoms with van der Waals surface area (Å²) in [5, 5.41) is 3.22. The van der Waals surface area contributed by atoms with E-state index in [9.17, 15) is 8.42 Å². The molecular weight excluding hydrogens is 218 g/mol. The van der Waals surface area contributed by atoms with Crippen LogP contribution in [0.15, 0.2) is 0 Å². The van der Waals surface area contributed by atoms with E-state index in [2.05, 4.69) is 18.5 Å². The molecule has 0 saturated carbocycles. The lowest BCUT2D eigenvalue weighted by Gasteiger charge is -2.12. The normalized spacial score (nSPS) is 14.2. The molecule has 0 rings (SSSR count). The molecule has 1 unspecified atom stereocenters. The monoisotopic (exact) mass is 239 g/mol. The van der Waals surface area contributed by atoms with Crippen LogP contribution in [-0.4, -0.2) is 44.5 Å². The Bertz CT molecular complexity index is 227. The molecule has 86 valence electrons. The van der Waals surface area contributed by atoms with Gasteiger partial charge in [0, 0.05) is 18.3 Å². The van der Waals surface area contributed by atoms with Gasteiger partial charge in [-0.3, -0.25) is 0 Å². The van der Waals surface area contributed by atoms with E-state index < -0.39 is 9.84 Å². The first-order chi connectivity index (χ1) is 6.52. The first-order valence-electron chi connectivity index (χ1n) is 4.94. The summed E-state index contributed by atoms with van der Waals surface area (Å²) in [4.78, 5) is 0. The third-order valence-corrected chi connectivity index (χ3v) is 4.45. The summed E-state index contributed by atoms with van der Waals surface area (Å²) >= 11 is 1.82. The van der Waals surface area contributed by atoms with Crippen molar-refractivity contribution in [1.82, 2.24) is 5.32 Å². The van der Waals surface area contributed by atoms with Gasteiger partial charge in [-0.25, -0.2) is 8.42 Å². The maximum Gasteiger partial charge on any atom is 0.151 e. The lowest BCUT2D eigenvalue weighted by atomic mass is 10.3. The average molecular weight is 239 g/mol. The second-order valence-corrected chi connectivity index (χ2v) is 6.83. The van der Waals surface area contributed by atoms with Crippen molar-refractivity contribution in [2.75, 3.05) is 30.1 Å². The fourth-order valence-corrected chi connectivity index (χ4v) is 2.31. The molecule has 0 amide bonds. The highest BCUT2D eigenvalue weighted by Gasteiger charge is 2.07. The van der Waals surface area contributed by atoms with E-state index in [1.54, 1.807) is 6.92 Å². The molecule has 0 radical (unpaired) electrons. The Labute approximate surface area is 92.0 Å². The second-order valence-electron chi connectivity index (χ2n) is 3.37. The highest BCUT2D eigenvalue weighted by Crippen LogP contribution is 1.99. The molecule has 3 nitrogen and oxygen atoms in total. The van der Waals surface area contributed by atoms with Gasteiger partial charge >= 0.3 is 0 Å². The summed E-state index contributed by atoms with van der Waals surface area (Å²) in [5.41, 5.74) is 0. The van der Waals surface area contributed by atoms with Gasteiger partial charge in [0.1, 0.15) is 0 Å². The van der Waals surface area contributed by atoms with Crippen molar-refractivity contribution >= 4 is 21.6 Å². The van der Waals surface area contributed by atoms with E-state index in [0.717, 1.165) is 12.2 Å². The maximum absolute atomic E-state index is 11.2. The zero-order valence-electron chi connectivity index (χ0n) is 9.25. The predicted molar refractivity (Wildman–Crippen MR) is 64.8 cm³/mol. The highest BCUT2D eigenvalue weighted by molar-refractivity contribution is 7.98. The molecule has 1 N–H and O–H groups in total. The highest BCUT2D eigenvalue weighted by atomic mass is 32.2. The lowest BCUT2D eigenvalue weighted by Crippen LogP contribution is -2.31. The molecule has 0 spiro atoms. The maximum atomic E-state index is 11.2. The minimum atomic E-state index is -2.80. The van der Waals surface area contributed by atoms with Gasteiger partial charge in [-0.2, -0.15) is 11.8 Å². The molecule has 0 aromatic rings. The number of thioether (sulfide) groups is 1. The lowest BCUT2D eigenvalue weighted by molar-refractivity contribution is 0.548. The first kappa shape index (κ1) is 14.3. The van der Waals surface area contributed by atoms with Crippen molar-refractivity contribution in [1.29, 1.82) is 0 Å². The Morgan fingerprint density at radius 3 is 2.57 bits per heavy atom. The van der Waals surface area contributed by atoms with Gasteiger partial charge in [-0.05, 0) is 25.4 Å². The van der Waals surface area contributed by atoms with E-state index in [-0.39, 0.29) is 11.5 Å². The third-order valence-electron chi connectivity index (χ3n) is 2.10. The number of nitrogens with one attached hydrogen (secondary N) is 1. The van der Waals surface area contributed by atoms with E-state index in [4.69, 9.17) is 0 Å². The van der Waals surface area contributed by atoms with E-state index >= 15 is 0 Å². The average Bonchev–Trinajstić information content (AvgIpc) is 2.14. The zero-order chi connectivity index (χ0) is 11.0. The molecule has 0 bridgehead atoms. The Hall–Kier alpha value is 0.260. The van der Waals surface area contributed by atoms with Gasteiger partial charge in [0.15, 0.2) is 9.84 Å². The Kier molecular flexibility index (Phi) is 7.68. The molecule has 0 aliphatic rings. The van der Waals surface area contributed by atoms with Crippen LogP contribution in [0.5, 0.6) is 0 Å². The van der Waals surface area contributed by atoms with Crippen LogP contribution in [0.4, 0.5) is 0 Å². The zero-order valence-corrected chi connectivity index (χ0v) is 10.9. The van der Waals surface area contributed by atoms with Crippen LogP contribution >= 0.6 is 11.8 Å². The molecule has 1 atom stereocenters. The van der Waals surface area contributed by atoms with Crippen molar-refractivity contribution in [2.45, 2.75) is 26.3 Å². The van der Waals surface area contributed by atoms with Gasteiger partial charge < -0.3 is 5.32 Å². The smallest absolute Gasteiger partial charge is 0.151 e. The summed E-state index contributed by atoms with van der Waals surface area (Å²) in [6.07, 6.45) is 3.17. The van der Waals surface area contributed by atoms with Gasteiger partial charge in [0.25, 0.3) is 0 Å². The molecule has 0 aliphatic carbocycles. The number of hydrogen-bond acceptors (Lipinski definition) is 4. The standard InChI is InChI=1S/C9H21NO2S2/c1-4-14(11,12)8-6-10-9(2)5-7-13-3/h9-10H,4-8H2,1-3H3. The molecule has 0 saturated heterocycles. The largest absolute Gasteiger partial charge is 0.313 e. The fourth-order valence-electron chi connectivity index (χ4n) is 1.00. The minimum absolute atomic E-state index is 0.244. The van der Waals surface area contributed by atoms with Crippen molar-refractivity contribution < 1.29 is 8.42 Å². The first-order valence-corrected chi connectivity index (χ1v) is 8.16. The van der Waals surface area contributed by atoms with Crippen molar-refractivity contribution in [3.05, 3.63) is 0 Å². The number of rotatable bonds is 8. The van der Waals surface area contributed by atoms with Crippen LogP contribution in [0.1, 0.15) is 20.3 Å². The van der Waals surface area contributed by atoms with Gasteiger partial charge in [-0.1, -0.05) is 6.92 Å². The second kappa shape index (κ2) is 7.54. The topological polar surface area (TPSA) is 46.2 Å². The molecular formula is C9H21NO2S2. The summed E-state index contributed by atoms with van der Waals surface area (Å²) in [6.45, 7) is 4.35. The summed E-state index contributed by atoms with van der Waals surface area (Å²) in [5.74, 6) is 1.62. The molecule has 0 aliphatic heterocycles. The Balaban J connectivity index is 3.54. The predicted octanol–water partition coefficient (Wildman–Crippen LogP) is 1.15. The van der Waals surface area contributed by atoms with E-state index in [1.807, 2.05) is 11.8 Å². The minimum Gasteiger partial charge on any atom is -0.313 e. The van der Waals surface area contributed by atoms with Crippen molar-refractivity contribution in [3.8, 4) is 0 Å². The number of hydrogen-bond donors (Lipinski definition) is 1. The third kappa shape index (κ3) is 7.64. The van der Waals surface area contributed by atoms with E-state index in [0.29, 0.717) is 12.6 Å². The molecule has 0 fully saturated rings. The molecule has 0 aromatic heterocycles. The molecule has 5 heteroatoms. The fraction of sp³-hybridized carbons (Fsp3) is 1.00. The molecule has 0 heterocycles. The quantitative estimate of drug-likeness (QED) is 0.690. The van der Waals surface area contributed by atoms with Crippen molar-refractivity contribution in [2.24, 2.45) is 0 Å². The van der Waals surface area contributed by atoms with Gasteiger partial charge in [0.05, 0.1) is 5.75 Å². The number of sulfone groups is 1.